The van der Waals surface area contributed by atoms with Crippen LogP contribution in [0.2, 0.25) is 0 Å². The zero-order valence-electron chi connectivity index (χ0n) is 16.5. The molecule has 0 saturated heterocycles. The van der Waals surface area contributed by atoms with E-state index in [9.17, 15) is 26.3 Å². The van der Waals surface area contributed by atoms with Crippen LogP contribution < -0.4 is 5.73 Å². The molecular weight excluding hydrogens is 509 g/mol. The van der Waals surface area contributed by atoms with Crippen molar-refractivity contribution in [3.05, 3.63) is 59.2 Å². The maximum absolute atomic E-state index is 12.2. The molecule has 33 heavy (non-hydrogen) atoms. The zero-order valence-corrected chi connectivity index (χ0v) is 18.9. The van der Waals surface area contributed by atoms with E-state index >= 15 is 0 Å². The molecule has 0 fully saturated rings. The van der Waals surface area contributed by atoms with E-state index < -0.39 is 23.7 Å². The fraction of sp³-hybridized carbons (Fsp3) is 0.421. The molecule has 2 aromatic rings. The molecular formula is C19H23BClF6N4S2. The summed E-state index contributed by atoms with van der Waals surface area (Å²) in [6, 6.07) is 4.71. The Morgan fingerprint density at radius 2 is 1.36 bits per heavy atom. The molecule has 2 heterocycles. The van der Waals surface area contributed by atoms with Crippen LogP contribution in [0.3, 0.4) is 0 Å². The Balaban J connectivity index is 0. The van der Waals surface area contributed by atoms with Crippen molar-refractivity contribution in [2.75, 3.05) is 11.6 Å². The maximum Gasteiger partial charge on any atom is 0.433 e. The Kier molecular flexibility index (Phi) is 16.4. The number of rotatable bonds is 7. The van der Waals surface area contributed by atoms with Crippen LogP contribution in [0.25, 0.3) is 0 Å². The first-order valence-electron chi connectivity index (χ1n) is 8.58. The van der Waals surface area contributed by atoms with Gasteiger partial charge < -0.3 is 5.73 Å². The number of hydrogen-bond acceptors (Lipinski definition) is 5. The molecule has 0 bridgehead atoms. The molecule has 0 unspecified atom stereocenters. The molecule has 0 aliphatic rings. The lowest BCUT2D eigenvalue weighted by atomic mass is 10.3. The Morgan fingerprint density at radius 3 is 1.70 bits per heavy atom. The number of thioether (sulfide) groups is 2. The lowest BCUT2D eigenvalue weighted by molar-refractivity contribution is -0.142. The molecule has 3 N–H and O–H groups in total. The zero-order chi connectivity index (χ0) is 23.5. The lowest BCUT2D eigenvalue weighted by Gasteiger charge is -2.06. The molecule has 0 saturated carbocycles. The monoisotopic (exact) mass is 531 g/mol. The normalized spacial score (nSPS) is 10.9. The third-order valence-corrected chi connectivity index (χ3v) is 5.49. The van der Waals surface area contributed by atoms with E-state index in [4.69, 9.17) is 22.7 Å². The third-order valence-electron chi connectivity index (χ3n) is 3.32. The van der Waals surface area contributed by atoms with Crippen molar-refractivity contribution in [2.45, 2.75) is 37.7 Å². The van der Waals surface area contributed by atoms with E-state index in [2.05, 4.69) is 9.97 Å². The number of aromatic nitrogens is 2. The highest BCUT2D eigenvalue weighted by molar-refractivity contribution is 8.13. The molecule has 14 heteroatoms. The molecule has 3 radical (unpaired) electrons. The first kappa shape index (κ1) is 33.6. The summed E-state index contributed by atoms with van der Waals surface area (Å²) in [5.74, 6) is 2.53. The quantitative estimate of drug-likeness (QED) is 0.107. The standard InChI is InChI=1S/C10H11ClF3NS.C8H8F3N3S.CH4.B/c11-4-1-5-16-7-8-2-3-9(15-6-8)10(12,13)14;9-8(10,11)6-2-1-5(3-14-6)4-15-7(12)13;;/h2-3,6H,1,4-5,7H2;1-3H,4H2,(H3,12,13);1H4;. The largest absolute Gasteiger partial charge is 0.433 e. The van der Waals surface area contributed by atoms with E-state index in [0.29, 0.717) is 22.9 Å². The number of halogens is 7. The first-order chi connectivity index (χ1) is 14.4. The van der Waals surface area contributed by atoms with Crippen LogP contribution in [0.5, 0.6) is 0 Å². The van der Waals surface area contributed by atoms with Gasteiger partial charge in [0.05, 0.1) is 0 Å². The van der Waals surface area contributed by atoms with Gasteiger partial charge in [-0.1, -0.05) is 31.3 Å². The van der Waals surface area contributed by atoms with Crippen LogP contribution in [0.4, 0.5) is 26.3 Å². The van der Waals surface area contributed by atoms with Crippen molar-refractivity contribution in [3.8, 4) is 0 Å². The van der Waals surface area contributed by atoms with E-state index in [1.54, 1.807) is 11.8 Å². The fourth-order valence-electron chi connectivity index (χ4n) is 1.86. The molecule has 0 amide bonds. The summed E-state index contributed by atoms with van der Waals surface area (Å²) in [5, 5.41) is 6.85. The Morgan fingerprint density at radius 1 is 0.909 bits per heavy atom. The fourth-order valence-corrected chi connectivity index (χ4v) is 3.55. The maximum atomic E-state index is 12.2. The number of nitrogens with zero attached hydrogens (tertiary/aromatic N) is 2. The van der Waals surface area contributed by atoms with Crippen LogP contribution in [0, 0.1) is 5.41 Å². The summed E-state index contributed by atoms with van der Waals surface area (Å²) < 4.78 is 72.9. The highest BCUT2D eigenvalue weighted by Crippen LogP contribution is 2.28. The van der Waals surface area contributed by atoms with Crippen molar-refractivity contribution in [3.63, 3.8) is 0 Å². The minimum absolute atomic E-state index is 0. The van der Waals surface area contributed by atoms with E-state index in [-0.39, 0.29) is 21.0 Å². The molecule has 183 valence electrons. The number of nitrogens with one attached hydrogen (secondary N) is 1. The summed E-state index contributed by atoms with van der Waals surface area (Å²) in [6.07, 6.45) is -5.45. The van der Waals surface area contributed by atoms with Crippen molar-refractivity contribution in [1.82, 2.24) is 9.97 Å². The summed E-state index contributed by atoms with van der Waals surface area (Å²) in [6.45, 7) is 0. The number of alkyl halides is 7. The number of nitrogens with two attached hydrogens (primary N) is 1. The minimum Gasteiger partial charge on any atom is -0.379 e. The van der Waals surface area contributed by atoms with Gasteiger partial charge in [-0.3, -0.25) is 15.4 Å². The van der Waals surface area contributed by atoms with Gasteiger partial charge in [0.25, 0.3) is 0 Å². The molecule has 0 aromatic carbocycles. The predicted molar refractivity (Wildman–Crippen MR) is 126 cm³/mol. The molecule has 0 atom stereocenters. The average Bonchev–Trinajstić information content (AvgIpc) is 2.69. The topological polar surface area (TPSA) is 75.7 Å². The Labute approximate surface area is 204 Å². The van der Waals surface area contributed by atoms with Crippen molar-refractivity contribution < 1.29 is 26.3 Å². The van der Waals surface area contributed by atoms with Gasteiger partial charge in [0, 0.05) is 38.2 Å². The molecule has 0 aliphatic heterocycles. The summed E-state index contributed by atoms with van der Waals surface area (Å²) >= 11 is 8.18. The SMILES string of the molecule is C.FC(F)(F)c1ccc(CSCCCCl)cn1.N=C(N)SCc1ccc(C(F)(F)F)nc1.[B]. The summed E-state index contributed by atoms with van der Waals surface area (Å²) in [7, 11) is 0. The highest BCUT2D eigenvalue weighted by Gasteiger charge is 2.32. The van der Waals surface area contributed by atoms with Gasteiger partial charge in [-0.15, -0.1) is 11.6 Å². The molecule has 0 aliphatic carbocycles. The first-order valence-corrected chi connectivity index (χ1v) is 11.3. The average molecular weight is 532 g/mol. The predicted octanol–water partition coefficient (Wildman–Crippen LogP) is 6.44. The van der Waals surface area contributed by atoms with Crippen molar-refractivity contribution >= 4 is 48.7 Å². The highest BCUT2D eigenvalue weighted by atomic mass is 35.5. The van der Waals surface area contributed by atoms with Gasteiger partial charge >= 0.3 is 12.4 Å². The van der Waals surface area contributed by atoms with Gasteiger partial charge in [-0.05, 0) is 35.4 Å². The van der Waals surface area contributed by atoms with Gasteiger partial charge in [-0.2, -0.15) is 38.1 Å². The van der Waals surface area contributed by atoms with Gasteiger partial charge in [0.1, 0.15) is 11.4 Å². The summed E-state index contributed by atoms with van der Waals surface area (Å²) in [4.78, 5) is 6.66. The molecule has 2 aromatic heterocycles. The van der Waals surface area contributed by atoms with Crippen molar-refractivity contribution in [1.29, 1.82) is 5.41 Å². The molecule has 2 rings (SSSR count). The second-order valence-corrected chi connectivity index (χ2v) is 8.35. The van der Waals surface area contributed by atoms with E-state index in [1.807, 2.05) is 0 Å². The third kappa shape index (κ3) is 14.3. The van der Waals surface area contributed by atoms with Gasteiger partial charge in [-0.25, -0.2) is 0 Å². The number of pyridine rings is 2. The number of hydrogen-bond donors (Lipinski definition) is 2. The second kappa shape index (κ2) is 16.1. The van der Waals surface area contributed by atoms with Gasteiger partial charge in [0.2, 0.25) is 0 Å². The van der Waals surface area contributed by atoms with Crippen LogP contribution in [-0.4, -0.2) is 35.2 Å². The van der Waals surface area contributed by atoms with Crippen LogP contribution in [-0.2, 0) is 23.9 Å². The van der Waals surface area contributed by atoms with E-state index in [1.165, 1.54) is 18.3 Å². The van der Waals surface area contributed by atoms with Crippen LogP contribution in [0.15, 0.2) is 36.7 Å². The molecule has 0 spiro atoms. The summed E-state index contributed by atoms with van der Waals surface area (Å²) in [5.41, 5.74) is 4.72. The van der Waals surface area contributed by atoms with Crippen LogP contribution >= 0.6 is 35.1 Å². The molecule has 4 nitrogen and oxygen atoms in total. The Bertz CT molecular complexity index is 806. The minimum atomic E-state index is -4.41. The second-order valence-electron chi connectivity index (χ2n) is 5.85. The van der Waals surface area contributed by atoms with Crippen LogP contribution in [0.1, 0.15) is 36.4 Å². The van der Waals surface area contributed by atoms with E-state index in [0.717, 1.165) is 47.8 Å². The van der Waals surface area contributed by atoms with Gasteiger partial charge in [0.15, 0.2) is 5.17 Å². The lowest BCUT2D eigenvalue weighted by Crippen LogP contribution is -2.08. The smallest absolute Gasteiger partial charge is 0.379 e. The number of amidine groups is 1. The van der Waals surface area contributed by atoms with Crippen molar-refractivity contribution in [2.24, 2.45) is 5.73 Å². The Hall–Kier alpha value is -1.60.